The molecule has 0 saturated carbocycles. The number of amides is 2. The Balaban J connectivity index is 1.59. The van der Waals surface area contributed by atoms with Crippen molar-refractivity contribution in [2.45, 2.75) is 31.8 Å². The minimum Gasteiger partial charge on any atom is -0.381 e. The van der Waals surface area contributed by atoms with Gasteiger partial charge in [0.25, 0.3) is 0 Å². The van der Waals surface area contributed by atoms with E-state index in [2.05, 4.69) is 22.8 Å². The number of nitrogens with one attached hydrogen (secondary N) is 1. The summed E-state index contributed by atoms with van der Waals surface area (Å²) in [6.45, 7) is 2.81. The molecule has 1 fully saturated rings. The summed E-state index contributed by atoms with van der Waals surface area (Å²) >= 11 is 1.75. The van der Waals surface area contributed by atoms with Gasteiger partial charge in [-0.05, 0) is 36.3 Å². The van der Waals surface area contributed by atoms with Crippen LogP contribution in [-0.2, 0) is 17.7 Å². The van der Waals surface area contributed by atoms with E-state index in [4.69, 9.17) is 4.74 Å². The fourth-order valence-corrected chi connectivity index (χ4v) is 3.71. The molecule has 0 spiro atoms. The van der Waals surface area contributed by atoms with E-state index >= 15 is 0 Å². The number of urea groups is 1. The van der Waals surface area contributed by atoms with Gasteiger partial charge in [-0.25, -0.2) is 4.79 Å². The molecule has 2 heterocycles. The monoisotopic (exact) mass is 344 g/mol. The zero-order valence-corrected chi connectivity index (χ0v) is 14.6. The number of benzene rings is 1. The van der Waals surface area contributed by atoms with Crippen molar-refractivity contribution in [3.63, 3.8) is 0 Å². The molecule has 1 aromatic carbocycles. The Hall–Kier alpha value is -1.85. The zero-order valence-electron chi connectivity index (χ0n) is 13.8. The number of hydrogen-bond acceptors (Lipinski definition) is 3. The molecule has 1 N–H and O–H groups in total. The van der Waals surface area contributed by atoms with Gasteiger partial charge in [-0.2, -0.15) is 0 Å². The second kappa shape index (κ2) is 8.85. The molecular formula is C19H24N2O2S. The van der Waals surface area contributed by atoms with Crippen LogP contribution >= 0.6 is 11.3 Å². The summed E-state index contributed by atoms with van der Waals surface area (Å²) in [5.74, 6) is 0. The number of carbonyl (C=O) groups is 1. The fourth-order valence-electron chi connectivity index (χ4n) is 3.01. The van der Waals surface area contributed by atoms with Gasteiger partial charge >= 0.3 is 6.03 Å². The second-order valence-corrected chi connectivity index (χ2v) is 7.04. The number of ether oxygens (including phenoxy) is 1. The molecule has 0 bridgehead atoms. The van der Waals surface area contributed by atoms with Crippen molar-refractivity contribution < 1.29 is 9.53 Å². The Labute approximate surface area is 147 Å². The third-order valence-electron chi connectivity index (χ3n) is 4.36. The Kier molecular flexibility index (Phi) is 6.26. The van der Waals surface area contributed by atoms with Gasteiger partial charge in [-0.1, -0.05) is 36.4 Å². The van der Waals surface area contributed by atoms with Crippen molar-refractivity contribution in [1.82, 2.24) is 10.2 Å². The van der Waals surface area contributed by atoms with E-state index in [9.17, 15) is 4.79 Å². The molecule has 1 aliphatic heterocycles. The molecule has 1 aromatic heterocycles. The van der Waals surface area contributed by atoms with Gasteiger partial charge < -0.3 is 15.0 Å². The Morgan fingerprint density at radius 1 is 1.17 bits per heavy atom. The number of thiophene rings is 1. The molecule has 0 atom stereocenters. The first-order valence-electron chi connectivity index (χ1n) is 8.51. The minimum absolute atomic E-state index is 0.0299. The van der Waals surface area contributed by atoms with Crippen LogP contribution in [0.4, 0.5) is 4.79 Å². The minimum atomic E-state index is 0.0299. The maximum absolute atomic E-state index is 12.8. The normalized spacial score (nSPS) is 15.2. The Morgan fingerprint density at radius 3 is 2.67 bits per heavy atom. The predicted octanol–water partition coefficient (Wildman–Crippen LogP) is 3.68. The van der Waals surface area contributed by atoms with Crippen molar-refractivity contribution in [2.24, 2.45) is 0 Å². The van der Waals surface area contributed by atoms with E-state index < -0.39 is 0 Å². The highest BCUT2D eigenvalue weighted by atomic mass is 32.1. The molecule has 0 aliphatic carbocycles. The standard InChI is InChI=1S/C19H24N2O2S/c22-19(20-15-16-5-2-1-3-6-16)21(17-9-12-23-13-10-17)11-8-18-7-4-14-24-18/h1-7,14,17H,8-13,15H2,(H,20,22). The molecule has 128 valence electrons. The van der Waals surface area contributed by atoms with Gasteiger partial charge in [0.1, 0.15) is 0 Å². The third-order valence-corrected chi connectivity index (χ3v) is 5.29. The average molecular weight is 344 g/mol. The van der Waals surface area contributed by atoms with Crippen molar-refractivity contribution in [3.05, 3.63) is 58.3 Å². The predicted molar refractivity (Wildman–Crippen MR) is 97.2 cm³/mol. The first-order chi connectivity index (χ1) is 11.8. The lowest BCUT2D eigenvalue weighted by Gasteiger charge is -2.34. The lowest BCUT2D eigenvalue weighted by Crippen LogP contribution is -2.48. The quantitative estimate of drug-likeness (QED) is 0.868. The number of rotatable bonds is 6. The number of carbonyl (C=O) groups excluding carboxylic acids is 1. The highest BCUT2D eigenvalue weighted by Crippen LogP contribution is 2.17. The SMILES string of the molecule is O=C(NCc1ccccc1)N(CCc1cccs1)C1CCOCC1. The van der Waals surface area contributed by atoms with Crippen LogP contribution in [0.2, 0.25) is 0 Å². The van der Waals surface area contributed by atoms with Crippen molar-refractivity contribution >= 4 is 17.4 Å². The summed E-state index contributed by atoms with van der Waals surface area (Å²) in [7, 11) is 0. The number of hydrogen-bond donors (Lipinski definition) is 1. The second-order valence-electron chi connectivity index (χ2n) is 6.01. The lowest BCUT2D eigenvalue weighted by molar-refractivity contribution is 0.0461. The summed E-state index contributed by atoms with van der Waals surface area (Å²) in [5, 5.41) is 5.16. The molecule has 4 nitrogen and oxygen atoms in total. The third kappa shape index (κ3) is 4.82. The summed E-state index contributed by atoms with van der Waals surface area (Å²) in [5.41, 5.74) is 1.12. The lowest BCUT2D eigenvalue weighted by atomic mass is 10.1. The van der Waals surface area contributed by atoms with Crippen LogP contribution < -0.4 is 5.32 Å². The van der Waals surface area contributed by atoms with E-state index in [0.717, 1.165) is 44.6 Å². The molecule has 2 aromatic rings. The highest BCUT2D eigenvalue weighted by molar-refractivity contribution is 7.09. The van der Waals surface area contributed by atoms with E-state index in [1.54, 1.807) is 11.3 Å². The summed E-state index contributed by atoms with van der Waals surface area (Å²) in [4.78, 5) is 16.1. The topological polar surface area (TPSA) is 41.6 Å². The van der Waals surface area contributed by atoms with Crippen molar-refractivity contribution in [3.8, 4) is 0 Å². The van der Waals surface area contributed by atoms with Gasteiger partial charge in [0.05, 0.1) is 0 Å². The molecule has 24 heavy (non-hydrogen) atoms. The first kappa shape index (κ1) is 17.0. The van der Waals surface area contributed by atoms with Crippen LogP contribution in [-0.4, -0.2) is 36.7 Å². The van der Waals surface area contributed by atoms with Crippen LogP contribution in [0, 0.1) is 0 Å². The van der Waals surface area contributed by atoms with E-state index in [1.807, 2.05) is 35.2 Å². The molecule has 5 heteroatoms. The van der Waals surface area contributed by atoms with E-state index in [0.29, 0.717) is 6.54 Å². The zero-order chi connectivity index (χ0) is 16.6. The molecule has 3 rings (SSSR count). The molecule has 1 saturated heterocycles. The van der Waals surface area contributed by atoms with Crippen LogP contribution in [0.25, 0.3) is 0 Å². The van der Waals surface area contributed by atoms with Crippen molar-refractivity contribution in [2.75, 3.05) is 19.8 Å². The van der Waals surface area contributed by atoms with Crippen LogP contribution in [0.15, 0.2) is 47.8 Å². The van der Waals surface area contributed by atoms with Gasteiger partial charge in [0.2, 0.25) is 0 Å². The summed E-state index contributed by atoms with van der Waals surface area (Å²) in [6, 6.07) is 14.5. The smallest absolute Gasteiger partial charge is 0.317 e. The molecule has 0 radical (unpaired) electrons. The van der Waals surface area contributed by atoms with E-state index in [1.165, 1.54) is 4.88 Å². The first-order valence-corrected chi connectivity index (χ1v) is 9.39. The fraction of sp³-hybridized carbons (Fsp3) is 0.421. The highest BCUT2D eigenvalue weighted by Gasteiger charge is 2.25. The maximum Gasteiger partial charge on any atom is 0.317 e. The largest absolute Gasteiger partial charge is 0.381 e. The van der Waals surface area contributed by atoms with Crippen LogP contribution in [0.5, 0.6) is 0 Å². The Bertz CT molecular complexity index is 610. The van der Waals surface area contributed by atoms with Gasteiger partial charge in [0, 0.05) is 37.2 Å². The summed E-state index contributed by atoms with van der Waals surface area (Å²) < 4.78 is 5.45. The van der Waals surface area contributed by atoms with Gasteiger partial charge in [0.15, 0.2) is 0 Å². The van der Waals surface area contributed by atoms with Gasteiger partial charge in [-0.15, -0.1) is 11.3 Å². The van der Waals surface area contributed by atoms with Crippen LogP contribution in [0.1, 0.15) is 23.3 Å². The Morgan fingerprint density at radius 2 is 1.96 bits per heavy atom. The maximum atomic E-state index is 12.8. The average Bonchev–Trinajstić information content (AvgIpc) is 3.15. The number of nitrogens with zero attached hydrogens (tertiary/aromatic N) is 1. The van der Waals surface area contributed by atoms with Crippen LogP contribution in [0.3, 0.4) is 0 Å². The molecular weight excluding hydrogens is 320 g/mol. The van der Waals surface area contributed by atoms with Gasteiger partial charge in [-0.3, -0.25) is 0 Å². The molecule has 2 amide bonds. The van der Waals surface area contributed by atoms with E-state index in [-0.39, 0.29) is 12.1 Å². The summed E-state index contributed by atoms with van der Waals surface area (Å²) in [6.07, 6.45) is 2.75. The van der Waals surface area contributed by atoms with Crippen molar-refractivity contribution in [1.29, 1.82) is 0 Å². The molecule has 0 unspecified atom stereocenters. The molecule has 1 aliphatic rings.